The molecule has 2 aromatic rings. The van der Waals surface area contributed by atoms with Gasteiger partial charge in [-0.2, -0.15) is 0 Å². The molecular weight excluding hydrogens is 369 g/mol. The molecule has 0 radical (unpaired) electrons. The number of aromatic nitrogens is 1. The number of nitrogens with one attached hydrogen (secondary N) is 1. The number of piperazine rings is 1. The van der Waals surface area contributed by atoms with Crippen molar-refractivity contribution in [1.82, 2.24) is 9.88 Å². The molecule has 2 amide bonds. The lowest BCUT2D eigenvalue weighted by Crippen LogP contribution is -2.55. The van der Waals surface area contributed by atoms with Crippen LogP contribution in [0.15, 0.2) is 36.4 Å². The normalized spacial score (nSPS) is 19.6. The maximum atomic E-state index is 14.5. The molecule has 154 valence electrons. The third-order valence-corrected chi connectivity index (χ3v) is 5.73. The molecule has 1 N–H and O–H groups in total. The van der Waals surface area contributed by atoms with Gasteiger partial charge in [0.2, 0.25) is 0 Å². The first-order valence-electron chi connectivity index (χ1n) is 10.3. The lowest BCUT2D eigenvalue weighted by molar-refractivity contribution is 0.184. The fourth-order valence-electron chi connectivity index (χ4n) is 4.17. The van der Waals surface area contributed by atoms with Crippen molar-refractivity contribution in [3.8, 4) is 0 Å². The lowest BCUT2D eigenvalue weighted by Gasteiger charge is -2.40. The fourth-order valence-corrected chi connectivity index (χ4v) is 4.17. The minimum absolute atomic E-state index is 0.0276. The van der Waals surface area contributed by atoms with Crippen LogP contribution >= 0.6 is 0 Å². The van der Waals surface area contributed by atoms with Crippen LogP contribution in [-0.2, 0) is 0 Å². The van der Waals surface area contributed by atoms with Crippen LogP contribution in [0.4, 0.5) is 26.4 Å². The Bertz CT molecular complexity index is 883. The molecule has 1 atom stereocenters. The van der Waals surface area contributed by atoms with E-state index in [-0.39, 0.29) is 17.9 Å². The van der Waals surface area contributed by atoms with Gasteiger partial charge in [-0.05, 0) is 57.0 Å². The van der Waals surface area contributed by atoms with Crippen LogP contribution in [0.2, 0.25) is 0 Å². The first-order valence-corrected chi connectivity index (χ1v) is 10.3. The van der Waals surface area contributed by atoms with Crippen LogP contribution in [0.25, 0.3) is 0 Å². The summed E-state index contributed by atoms with van der Waals surface area (Å²) in [6, 6.07) is 10.8. The zero-order valence-electron chi connectivity index (χ0n) is 17.1. The number of amides is 2. The van der Waals surface area contributed by atoms with E-state index in [9.17, 15) is 9.18 Å². The highest BCUT2D eigenvalue weighted by molar-refractivity contribution is 5.90. The van der Waals surface area contributed by atoms with Gasteiger partial charge in [0.25, 0.3) is 0 Å². The summed E-state index contributed by atoms with van der Waals surface area (Å²) in [5.41, 5.74) is 2.09. The third-order valence-electron chi connectivity index (χ3n) is 5.73. The van der Waals surface area contributed by atoms with Crippen molar-refractivity contribution in [2.45, 2.75) is 32.7 Å². The average Bonchev–Trinajstić information content (AvgIpc) is 3.22. The molecule has 0 unspecified atom stereocenters. The number of carbonyl (C=O) groups excluding carboxylic acids is 1. The Morgan fingerprint density at radius 3 is 2.59 bits per heavy atom. The van der Waals surface area contributed by atoms with Gasteiger partial charge in [0.1, 0.15) is 11.6 Å². The molecule has 3 heterocycles. The topological polar surface area (TPSA) is 51.7 Å². The molecule has 29 heavy (non-hydrogen) atoms. The fraction of sp³-hybridized carbons (Fsp3) is 0.455. The molecule has 0 bridgehead atoms. The summed E-state index contributed by atoms with van der Waals surface area (Å²) in [6.07, 6.45) is 2.19. The molecule has 6 nitrogen and oxygen atoms in total. The van der Waals surface area contributed by atoms with Gasteiger partial charge >= 0.3 is 6.03 Å². The van der Waals surface area contributed by atoms with Crippen molar-refractivity contribution in [3.63, 3.8) is 0 Å². The van der Waals surface area contributed by atoms with Crippen molar-refractivity contribution in [2.24, 2.45) is 0 Å². The summed E-state index contributed by atoms with van der Waals surface area (Å²) < 4.78 is 14.5. The minimum atomic E-state index is -0.284. The Labute approximate surface area is 171 Å². The predicted octanol–water partition coefficient (Wildman–Crippen LogP) is 3.87. The molecule has 4 rings (SSSR count). The number of urea groups is 1. The second-order valence-electron chi connectivity index (χ2n) is 7.92. The van der Waals surface area contributed by atoms with Gasteiger partial charge in [-0.1, -0.05) is 6.07 Å². The third kappa shape index (κ3) is 4.28. The van der Waals surface area contributed by atoms with Crippen LogP contribution in [0.5, 0.6) is 0 Å². The Balaban J connectivity index is 1.38. The van der Waals surface area contributed by atoms with E-state index in [4.69, 9.17) is 0 Å². The number of nitrogens with zero attached hydrogens (tertiary/aromatic N) is 4. The number of anilines is 3. The monoisotopic (exact) mass is 397 g/mol. The maximum absolute atomic E-state index is 14.5. The summed E-state index contributed by atoms with van der Waals surface area (Å²) >= 11 is 0. The van der Waals surface area contributed by atoms with Crippen molar-refractivity contribution >= 4 is 23.2 Å². The minimum Gasteiger partial charge on any atom is -0.369 e. The number of halogens is 1. The van der Waals surface area contributed by atoms with Crippen molar-refractivity contribution < 1.29 is 9.18 Å². The molecule has 1 aromatic heterocycles. The van der Waals surface area contributed by atoms with Crippen LogP contribution in [0, 0.1) is 12.7 Å². The number of hydrogen-bond acceptors (Lipinski definition) is 4. The van der Waals surface area contributed by atoms with Gasteiger partial charge in [-0.25, -0.2) is 14.2 Å². The second-order valence-corrected chi connectivity index (χ2v) is 7.92. The summed E-state index contributed by atoms with van der Waals surface area (Å²) in [4.78, 5) is 23.4. The van der Waals surface area contributed by atoms with Crippen molar-refractivity contribution in [3.05, 3.63) is 47.9 Å². The number of hydrogen-bond donors (Lipinski definition) is 1. The van der Waals surface area contributed by atoms with Crippen molar-refractivity contribution in [1.29, 1.82) is 0 Å². The number of rotatable bonds is 3. The Hall–Kier alpha value is -2.83. The van der Waals surface area contributed by atoms with Crippen LogP contribution in [-0.4, -0.2) is 54.7 Å². The van der Waals surface area contributed by atoms with Gasteiger partial charge < -0.3 is 20.0 Å². The van der Waals surface area contributed by atoms with E-state index >= 15 is 0 Å². The molecule has 0 aliphatic carbocycles. The van der Waals surface area contributed by atoms with E-state index < -0.39 is 0 Å². The van der Waals surface area contributed by atoms with E-state index in [0.717, 1.165) is 44.0 Å². The van der Waals surface area contributed by atoms with Gasteiger partial charge in [0.05, 0.1) is 5.69 Å². The summed E-state index contributed by atoms with van der Waals surface area (Å²) in [7, 11) is 0. The Morgan fingerprint density at radius 1 is 1.10 bits per heavy atom. The van der Waals surface area contributed by atoms with E-state index in [0.29, 0.717) is 24.5 Å². The molecule has 2 aliphatic rings. The summed E-state index contributed by atoms with van der Waals surface area (Å²) in [5.74, 6) is 0.657. The van der Waals surface area contributed by atoms with E-state index in [2.05, 4.69) is 20.1 Å². The predicted molar refractivity (Wildman–Crippen MR) is 114 cm³/mol. The number of pyridine rings is 1. The van der Waals surface area contributed by atoms with E-state index in [1.165, 1.54) is 6.07 Å². The summed E-state index contributed by atoms with van der Waals surface area (Å²) in [6.45, 7) is 7.81. The largest absolute Gasteiger partial charge is 0.369 e. The Kier molecular flexibility index (Phi) is 5.56. The quantitative estimate of drug-likeness (QED) is 0.854. The van der Waals surface area contributed by atoms with Crippen LogP contribution < -0.4 is 15.1 Å². The van der Waals surface area contributed by atoms with Crippen molar-refractivity contribution in [2.75, 3.05) is 47.8 Å². The maximum Gasteiger partial charge on any atom is 0.322 e. The first-order chi connectivity index (χ1) is 14.0. The molecule has 2 aliphatic heterocycles. The first kappa shape index (κ1) is 19.5. The molecule has 0 spiro atoms. The highest BCUT2D eigenvalue weighted by Gasteiger charge is 2.28. The van der Waals surface area contributed by atoms with E-state index in [1.54, 1.807) is 17.0 Å². The van der Waals surface area contributed by atoms with Crippen LogP contribution in [0.1, 0.15) is 25.5 Å². The molecule has 2 saturated heterocycles. The zero-order chi connectivity index (χ0) is 20.4. The molecule has 1 aromatic carbocycles. The van der Waals surface area contributed by atoms with Gasteiger partial charge in [-0.3, -0.25) is 0 Å². The smallest absolute Gasteiger partial charge is 0.322 e. The SMILES string of the molecule is Cc1cccc(N2CCN(C(=O)Nc3ccc(N4CCCC4)c(F)c3)[C@@H](C)C2)n1. The molecule has 7 heteroatoms. The molecular formula is C22H28FN5O. The van der Waals surface area contributed by atoms with E-state index in [1.807, 2.05) is 32.0 Å². The average molecular weight is 397 g/mol. The number of aryl methyl sites for hydroxylation is 1. The Morgan fingerprint density at radius 2 is 1.90 bits per heavy atom. The number of carbonyl (C=O) groups is 1. The lowest BCUT2D eigenvalue weighted by atomic mass is 10.2. The highest BCUT2D eigenvalue weighted by atomic mass is 19.1. The molecule has 0 saturated carbocycles. The highest BCUT2D eigenvalue weighted by Crippen LogP contribution is 2.26. The zero-order valence-corrected chi connectivity index (χ0v) is 17.1. The standard InChI is InChI=1S/C22H28FN5O/c1-16-6-5-7-21(24-16)27-12-13-28(17(2)15-27)22(29)25-18-8-9-20(19(23)14-18)26-10-3-4-11-26/h5-9,14,17H,3-4,10-13,15H2,1-2H3,(H,25,29)/t17-/m0/s1. The number of benzene rings is 1. The second kappa shape index (κ2) is 8.27. The molecule has 2 fully saturated rings. The van der Waals surface area contributed by atoms with Gasteiger partial charge in [0.15, 0.2) is 0 Å². The van der Waals surface area contributed by atoms with Crippen LogP contribution in [0.3, 0.4) is 0 Å². The van der Waals surface area contributed by atoms with Gasteiger partial charge in [-0.15, -0.1) is 0 Å². The summed E-state index contributed by atoms with van der Waals surface area (Å²) in [5, 5.41) is 2.86. The van der Waals surface area contributed by atoms with Gasteiger partial charge in [0, 0.05) is 50.1 Å².